The van der Waals surface area contributed by atoms with Crippen LogP contribution in [-0.2, 0) is 0 Å². The van der Waals surface area contributed by atoms with Crippen molar-refractivity contribution in [1.29, 1.82) is 0 Å². The fourth-order valence-corrected chi connectivity index (χ4v) is 2.80. The Hall–Kier alpha value is -2.47. The summed E-state index contributed by atoms with van der Waals surface area (Å²) in [6, 6.07) is 13.3. The van der Waals surface area contributed by atoms with E-state index < -0.39 is 0 Å². The van der Waals surface area contributed by atoms with Gasteiger partial charge in [-0.25, -0.2) is 9.07 Å². The normalized spacial score (nSPS) is 10.7. The van der Waals surface area contributed by atoms with Crippen molar-refractivity contribution in [1.82, 2.24) is 9.78 Å². The molecular formula is C18H15BrFN3O. The Morgan fingerprint density at radius 2 is 1.71 bits per heavy atom. The van der Waals surface area contributed by atoms with Gasteiger partial charge < -0.3 is 5.32 Å². The standard InChI is InChI=1S/C18H15BrFN3O/c1-11-17(18(24)21-15-7-3-13(19)4-8-15)12(2)23(22-11)16-9-5-14(20)6-10-16/h3-10H,1-2H3,(H,21,24). The highest BCUT2D eigenvalue weighted by atomic mass is 79.9. The Morgan fingerprint density at radius 3 is 2.33 bits per heavy atom. The average molecular weight is 388 g/mol. The Bertz CT molecular complexity index is 886. The predicted octanol–water partition coefficient (Wildman–Crippen LogP) is 4.64. The van der Waals surface area contributed by atoms with Gasteiger partial charge in [-0.05, 0) is 62.4 Å². The van der Waals surface area contributed by atoms with Gasteiger partial charge in [0.25, 0.3) is 5.91 Å². The van der Waals surface area contributed by atoms with Crippen LogP contribution in [0.5, 0.6) is 0 Å². The van der Waals surface area contributed by atoms with E-state index in [2.05, 4.69) is 26.3 Å². The summed E-state index contributed by atoms with van der Waals surface area (Å²) in [5.74, 6) is -0.533. The number of aromatic nitrogens is 2. The first kappa shape index (κ1) is 16.4. The first-order valence-corrected chi connectivity index (χ1v) is 8.14. The van der Waals surface area contributed by atoms with Crippen molar-refractivity contribution in [2.75, 3.05) is 5.32 Å². The zero-order valence-corrected chi connectivity index (χ0v) is 14.8. The molecule has 6 heteroatoms. The number of halogens is 2. The van der Waals surface area contributed by atoms with Crippen LogP contribution in [0, 0.1) is 19.7 Å². The van der Waals surface area contributed by atoms with E-state index in [-0.39, 0.29) is 11.7 Å². The molecule has 24 heavy (non-hydrogen) atoms. The fraction of sp³-hybridized carbons (Fsp3) is 0.111. The van der Waals surface area contributed by atoms with Crippen molar-refractivity contribution >= 4 is 27.5 Å². The molecule has 3 aromatic rings. The second kappa shape index (κ2) is 6.57. The third kappa shape index (κ3) is 3.23. The van der Waals surface area contributed by atoms with E-state index in [1.165, 1.54) is 12.1 Å². The molecule has 122 valence electrons. The molecule has 1 heterocycles. The molecule has 0 aliphatic heterocycles. The molecule has 0 aliphatic carbocycles. The number of hydrogen-bond acceptors (Lipinski definition) is 2. The molecule has 2 aromatic carbocycles. The maximum Gasteiger partial charge on any atom is 0.259 e. The largest absolute Gasteiger partial charge is 0.322 e. The lowest BCUT2D eigenvalue weighted by molar-refractivity contribution is 0.102. The Kier molecular flexibility index (Phi) is 4.49. The molecule has 3 rings (SSSR count). The van der Waals surface area contributed by atoms with E-state index in [0.29, 0.717) is 28.3 Å². The number of nitrogens with zero attached hydrogens (tertiary/aromatic N) is 2. The van der Waals surface area contributed by atoms with E-state index in [9.17, 15) is 9.18 Å². The summed E-state index contributed by atoms with van der Waals surface area (Å²) >= 11 is 3.36. The van der Waals surface area contributed by atoms with Crippen LogP contribution < -0.4 is 5.32 Å². The highest BCUT2D eigenvalue weighted by molar-refractivity contribution is 9.10. The second-order valence-electron chi connectivity index (χ2n) is 5.40. The minimum atomic E-state index is -0.312. The predicted molar refractivity (Wildman–Crippen MR) is 95.1 cm³/mol. The monoisotopic (exact) mass is 387 g/mol. The third-order valence-electron chi connectivity index (χ3n) is 3.69. The molecule has 1 amide bonds. The lowest BCUT2D eigenvalue weighted by atomic mass is 10.1. The van der Waals surface area contributed by atoms with Crippen molar-refractivity contribution < 1.29 is 9.18 Å². The molecule has 1 aromatic heterocycles. The minimum absolute atomic E-state index is 0.222. The smallest absolute Gasteiger partial charge is 0.259 e. The Morgan fingerprint density at radius 1 is 1.08 bits per heavy atom. The molecule has 1 N–H and O–H groups in total. The third-order valence-corrected chi connectivity index (χ3v) is 4.22. The molecule has 0 spiro atoms. The summed E-state index contributed by atoms with van der Waals surface area (Å²) in [5, 5.41) is 7.28. The van der Waals surface area contributed by atoms with Gasteiger partial charge >= 0.3 is 0 Å². The van der Waals surface area contributed by atoms with Crippen molar-refractivity contribution in [2.24, 2.45) is 0 Å². The quantitative estimate of drug-likeness (QED) is 0.711. The van der Waals surface area contributed by atoms with Crippen molar-refractivity contribution in [2.45, 2.75) is 13.8 Å². The van der Waals surface area contributed by atoms with Crippen LogP contribution in [0.2, 0.25) is 0 Å². The number of benzene rings is 2. The molecule has 0 bridgehead atoms. The summed E-state index contributed by atoms with van der Waals surface area (Å²) in [5.41, 5.74) is 3.25. The van der Waals surface area contributed by atoms with Crippen LogP contribution in [0.25, 0.3) is 5.69 Å². The van der Waals surface area contributed by atoms with Gasteiger partial charge in [0.05, 0.1) is 22.6 Å². The number of carbonyl (C=O) groups excluding carboxylic acids is 1. The number of hydrogen-bond donors (Lipinski definition) is 1. The van der Waals surface area contributed by atoms with Crippen LogP contribution in [-0.4, -0.2) is 15.7 Å². The zero-order valence-electron chi connectivity index (χ0n) is 13.2. The van der Waals surface area contributed by atoms with Crippen LogP contribution in [0.4, 0.5) is 10.1 Å². The van der Waals surface area contributed by atoms with Gasteiger partial charge in [0.15, 0.2) is 0 Å². The van der Waals surface area contributed by atoms with Crippen LogP contribution in [0.3, 0.4) is 0 Å². The van der Waals surface area contributed by atoms with Gasteiger partial charge in [0.2, 0.25) is 0 Å². The highest BCUT2D eigenvalue weighted by Crippen LogP contribution is 2.20. The molecule has 0 aliphatic rings. The van der Waals surface area contributed by atoms with Crippen LogP contribution in [0.1, 0.15) is 21.7 Å². The summed E-state index contributed by atoms with van der Waals surface area (Å²) in [7, 11) is 0. The van der Waals surface area contributed by atoms with Gasteiger partial charge in [0.1, 0.15) is 5.82 Å². The lowest BCUT2D eigenvalue weighted by Gasteiger charge is -2.07. The molecule has 0 fully saturated rings. The SMILES string of the molecule is Cc1nn(-c2ccc(F)cc2)c(C)c1C(=O)Nc1ccc(Br)cc1. The van der Waals surface area contributed by atoms with Gasteiger partial charge in [-0.1, -0.05) is 15.9 Å². The molecule has 0 unspecified atom stereocenters. The van der Waals surface area contributed by atoms with E-state index in [1.54, 1.807) is 23.7 Å². The van der Waals surface area contributed by atoms with E-state index >= 15 is 0 Å². The molecule has 0 saturated heterocycles. The minimum Gasteiger partial charge on any atom is -0.322 e. The number of carbonyl (C=O) groups is 1. The van der Waals surface area contributed by atoms with Gasteiger partial charge in [0, 0.05) is 10.2 Å². The Labute approximate surface area is 147 Å². The van der Waals surface area contributed by atoms with Crippen molar-refractivity contribution in [3.05, 3.63) is 75.8 Å². The van der Waals surface area contributed by atoms with Crippen LogP contribution in [0.15, 0.2) is 53.0 Å². The summed E-state index contributed by atoms with van der Waals surface area (Å²) in [4.78, 5) is 12.6. The summed E-state index contributed by atoms with van der Waals surface area (Å²) in [6.07, 6.45) is 0. The van der Waals surface area contributed by atoms with E-state index in [4.69, 9.17) is 0 Å². The van der Waals surface area contributed by atoms with E-state index in [1.807, 2.05) is 31.2 Å². The first-order chi connectivity index (χ1) is 11.5. The fourth-order valence-electron chi connectivity index (χ4n) is 2.53. The topological polar surface area (TPSA) is 46.9 Å². The first-order valence-electron chi connectivity index (χ1n) is 7.35. The van der Waals surface area contributed by atoms with Crippen LogP contribution >= 0.6 is 15.9 Å². The number of anilines is 1. The van der Waals surface area contributed by atoms with Crippen molar-refractivity contribution in [3.8, 4) is 5.69 Å². The molecule has 4 nitrogen and oxygen atoms in total. The van der Waals surface area contributed by atoms with E-state index in [0.717, 1.165) is 4.47 Å². The number of nitrogens with one attached hydrogen (secondary N) is 1. The average Bonchev–Trinajstić information content (AvgIpc) is 2.85. The summed E-state index contributed by atoms with van der Waals surface area (Å²) in [6.45, 7) is 3.60. The van der Waals surface area contributed by atoms with Crippen molar-refractivity contribution in [3.63, 3.8) is 0 Å². The van der Waals surface area contributed by atoms with Gasteiger partial charge in [-0.2, -0.15) is 5.10 Å². The maximum absolute atomic E-state index is 13.1. The number of amides is 1. The molecule has 0 saturated carbocycles. The lowest BCUT2D eigenvalue weighted by Crippen LogP contribution is -2.14. The van der Waals surface area contributed by atoms with Gasteiger partial charge in [-0.15, -0.1) is 0 Å². The molecule has 0 radical (unpaired) electrons. The Balaban J connectivity index is 1.92. The molecular weight excluding hydrogens is 373 g/mol. The zero-order chi connectivity index (χ0) is 17.3. The van der Waals surface area contributed by atoms with Gasteiger partial charge in [-0.3, -0.25) is 4.79 Å². The molecule has 0 atom stereocenters. The number of rotatable bonds is 3. The summed E-state index contributed by atoms with van der Waals surface area (Å²) < 4.78 is 15.7. The maximum atomic E-state index is 13.1. The second-order valence-corrected chi connectivity index (χ2v) is 6.31. The number of aryl methyl sites for hydroxylation is 1. The highest BCUT2D eigenvalue weighted by Gasteiger charge is 2.19.